The molecule has 9 aliphatic rings. The molecular formula is C54H65F2N11O4. The zero-order chi connectivity index (χ0) is 48.3. The maximum Gasteiger partial charge on any atom is 0.319 e. The first-order chi connectivity index (χ1) is 34.4. The Morgan fingerprint density at radius 1 is 0.859 bits per heavy atom. The van der Waals surface area contributed by atoms with Crippen LogP contribution in [0.1, 0.15) is 110 Å². The monoisotopic (exact) mass is 970 g/mol. The normalized spacial score (nSPS) is 26.3. The first-order valence-electron chi connectivity index (χ1n) is 26.4. The molecule has 4 N–H and O–H groups in total. The second kappa shape index (κ2) is 17.3. The van der Waals surface area contributed by atoms with E-state index >= 15 is 8.78 Å². The molecule has 4 aromatic rings. The van der Waals surface area contributed by atoms with Crippen molar-refractivity contribution >= 4 is 45.8 Å². The lowest BCUT2D eigenvalue weighted by molar-refractivity contribution is -0.136. The lowest BCUT2D eigenvalue weighted by Crippen LogP contribution is -2.53. The van der Waals surface area contributed by atoms with Crippen LogP contribution in [0, 0.1) is 35.3 Å². The van der Waals surface area contributed by atoms with Crippen LogP contribution >= 0.6 is 0 Å². The van der Waals surface area contributed by atoms with Gasteiger partial charge in [-0.2, -0.15) is 9.97 Å². The van der Waals surface area contributed by atoms with Crippen LogP contribution in [-0.2, 0) is 16.1 Å². The highest BCUT2D eigenvalue weighted by Gasteiger charge is 2.50. The highest BCUT2D eigenvalue weighted by atomic mass is 19.1. The van der Waals surface area contributed by atoms with Gasteiger partial charge in [0.05, 0.1) is 17.7 Å². The first-order valence-corrected chi connectivity index (χ1v) is 26.4. The quantitative estimate of drug-likeness (QED) is 0.114. The molecule has 3 atom stereocenters. The molecule has 5 saturated heterocycles. The van der Waals surface area contributed by atoms with E-state index in [1.807, 2.05) is 19.1 Å². The van der Waals surface area contributed by atoms with E-state index in [2.05, 4.69) is 41.3 Å². The number of nitrogens with two attached hydrogens (primary N) is 1. The topological polar surface area (TPSA) is 165 Å². The average molecular weight is 970 g/mol. The van der Waals surface area contributed by atoms with Gasteiger partial charge in [0.25, 0.3) is 5.91 Å². The molecule has 2 aromatic carbocycles. The van der Waals surface area contributed by atoms with Crippen molar-refractivity contribution in [3.63, 3.8) is 0 Å². The van der Waals surface area contributed by atoms with Crippen molar-refractivity contribution in [2.45, 2.75) is 115 Å². The van der Waals surface area contributed by atoms with Crippen LogP contribution in [0.25, 0.3) is 22.2 Å². The molecule has 17 heteroatoms. The fourth-order valence-electron chi connectivity index (χ4n) is 13.9. The maximum absolute atomic E-state index is 17.1. The van der Waals surface area contributed by atoms with Crippen LogP contribution in [0.4, 0.5) is 26.0 Å². The van der Waals surface area contributed by atoms with Crippen LogP contribution in [0.15, 0.2) is 30.5 Å². The van der Waals surface area contributed by atoms with Crippen molar-refractivity contribution in [2.24, 2.45) is 16.7 Å². The van der Waals surface area contributed by atoms with Crippen LogP contribution in [0.3, 0.4) is 0 Å². The number of benzene rings is 2. The number of hydrogen-bond acceptors (Lipinski definition) is 13. The van der Waals surface area contributed by atoms with Gasteiger partial charge in [0.15, 0.2) is 11.6 Å². The fourth-order valence-corrected chi connectivity index (χ4v) is 13.9. The van der Waals surface area contributed by atoms with E-state index in [1.54, 1.807) is 17.2 Å². The predicted molar refractivity (Wildman–Crippen MR) is 265 cm³/mol. The highest BCUT2D eigenvalue weighted by molar-refractivity contribution is 6.05. The molecule has 3 amide bonds. The molecular weight excluding hydrogens is 905 g/mol. The molecule has 13 rings (SSSR count). The highest BCUT2D eigenvalue weighted by Crippen LogP contribution is 2.54. The van der Waals surface area contributed by atoms with E-state index in [-0.39, 0.29) is 63.9 Å². The lowest BCUT2D eigenvalue weighted by Gasteiger charge is -2.54. The number of nitrogen functional groups attached to an aromatic ring is 1. The summed E-state index contributed by atoms with van der Waals surface area (Å²) in [7, 11) is 0. The smallest absolute Gasteiger partial charge is 0.319 e. The largest absolute Gasteiger partial charge is 0.463 e. The molecule has 2 bridgehead atoms. The lowest BCUT2D eigenvalue weighted by atomic mass is 9.57. The Labute approximate surface area is 413 Å². The standard InChI is InChI=1S/C54H65F2N11O4/c1-31-20-40(57)45(55)44(43(31)33-2-3-33)48-46(56)47-39(24-58-48)49(66-27-35-4-5-36(28-66)59-35)62-52(61-47)71-30-54(10-11-54)29-64-14-12-53(13-15-64)22-32(23-53)25-63-16-18-65(19-17-63)37-6-7-38-34(21-37)26-67(51(38)70)41-8-9-42(68)60-50(41)69/h6-7,20-21,24,32-33,35-36,41,59H,2-5,8-19,22-23,25-30,57H2,1H3,(H,60,68,69)/t35?,36?,41-/m0/s1. The number of imide groups is 1. The van der Waals surface area contributed by atoms with Crippen molar-refractivity contribution in [1.82, 2.24) is 40.3 Å². The summed E-state index contributed by atoms with van der Waals surface area (Å²) < 4.78 is 39.6. The minimum Gasteiger partial charge on any atom is -0.463 e. The Morgan fingerprint density at radius 3 is 2.34 bits per heavy atom. The van der Waals surface area contributed by atoms with Gasteiger partial charge in [0.1, 0.15) is 23.1 Å². The summed E-state index contributed by atoms with van der Waals surface area (Å²) in [5.41, 5.74) is 11.2. The molecule has 3 saturated carbocycles. The van der Waals surface area contributed by atoms with Crippen molar-refractivity contribution in [3.05, 3.63) is 64.4 Å². The van der Waals surface area contributed by atoms with Crippen LogP contribution < -0.4 is 30.9 Å². The average Bonchev–Trinajstić information content (AvgIpc) is 4.29. The molecule has 3 aliphatic carbocycles. The number of aromatic nitrogens is 3. The van der Waals surface area contributed by atoms with Gasteiger partial charge in [0, 0.05) is 106 Å². The van der Waals surface area contributed by atoms with E-state index in [1.165, 1.54) is 25.7 Å². The number of piperidine rings is 2. The summed E-state index contributed by atoms with van der Waals surface area (Å²) in [4.78, 5) is 63.3. The summed E-state index contributed by atoms with van der Waals surface area (Å²) in [6, 6.07) is 7.94. The number of anilines is 3. The number of carbonyl (C=O) groups excluding carboxylic acids is 3. The summed E-state index contributed by atoms with van der Waals surface area (Å²) in [6.45, 7) is 12.5. The Morgan fingerprint density at radius 2 is 1.62 bits per heavy atom. The van der Waals surface area contributed by atoms with Gasteiger partial charge >= 0.3 is 6.01 Å². The van der Waals surface area contributed by atoms with E-state index in [0.29, 0.717) is 53.8 Å². The second-order valence-corrected chi connectivity index (χ2v) is 23.1. The van der Waals surface area contributed by atoms with Crippen LogP contribution in [0.2, 0.25) is 0 Å². The molecule has 1 spiro atoms. The Bertz CT molecular complexity index is 2820. The van der Waals surface area contributed by atoms with Gasteiger partial charge in [-0.05, 0) is 149 Å². The third kappa shape index (κ3) is 8.36. The van der Waals surface area contributed by atoms with Gasteiger partial charge in [-0.1, -0.05) is 0 Å². The van der Waals surface area contributed by atoms with Gasteiger partial charge in [-0.25, -0.2) is 8.78 Å². The number of carbonyl (C=O) groups is 3. The second-order valence-electron chi connectivity index (χ2n) is 23.1. The van der Waals surface area contributed by atoms with Gasteiger partial charge in [-0.15, -0.1) is 0 Å². The zero-order valence-electron chi connectivity index (χ0n) is 40.8. The predicted octanol–water partition coefficient (Wildman–Crippen LogP) is 5.91. The van der Waals surface area contributed by atoms with Crippen molar-refractivity contribution in [3.8, 4) is 17.3 Å². The van der Waals surface area contributed by atoms with Crippen LogP contribution in [-0.4, -0.2) is 138 Å². The number of piperazine rings is 2. The van der Waals surface area contributed by atoms with E-state index < -0.39 is 17.7 Å². The Balaban J connectivity index is 0.617. The number of ether oxygens (including phenoxy) is 1. The number of pyridine rings is 1. The molecule has 8 heterocycles. The number of rotatable bonds is 12. The number of halogens is 2. The number of fused-ring (bicyclic) bond motifs is 4. The van der Waals surface area contributed by atoms with Gasteiger partial charge in [0.2, 0.25) is 11.8 Å². The molecule has 0 radical (unpaired) electrons. The molecule has 15 nitrogen and oxygen atoms in total. The first kappa shape index (κ1) is 45.4. The molecule has 374 valence electrons. The number of nitrogens with zero attached hydrogens (tertiary/aromatic N) is 8. The molecule has 2 aromatic heterocycles. The number of amides is 3. The minimum atomic E-state index is -0.667. The molecule has 8 fully saturated rings. The van der Waals surface area contributed by atoms with Gasteiger partial charge in [-0.3, -0.25) is 29.6 Å². The fraction of sp³-hybridized carbons (Fsp3) is 0.593. The zero-order valence-corrected chi connectivity index (χ0v) is 40.8. The summed E-state index contributed by atoms with van der Waals surface area (Å²) in [5.74, 6) is -0.575. The molecule has 71 heavy (non-hydrogen) atoms. The van der Waals surface area contributed by atoms with Crippen molar-refractivity contribution < 1.29 is 27.9 Å². The van der Waals surface area contributed by atoms with Crippen molar-refractivity contribution in [1.29, 1.82) is 0 Å². The molecule has 2 unspecified atom stereocenters. The summed E-state index contributed by atoms with van der Waals surface area (Å²) in [5, 5.41) is 6.59. The van der Waals surface area contributed by atoms with Crippen LogP contribution in [0.5, 0.6) is 6.01 Å². The Kier molecular flexibility index (Phi) is 11.1. The Hall–Kier alpha value is -5.52. The molecule has 6 aliphatic heterocycles. The number of aryl methyl sites for hydroxylation is 1. The summed E-state index contributed by atoms with van der Waals surface area (Å²) in [6.07, 6.45) is 13.5. The van der Waals surface area contributed by atoms with Gasteiger partial charge < -0.3 is 35.4 Å². The summed E-state index contributed by atoms with van der Waals surface area (Å²) >= 11 is 0. The third-order valence-corrected chi connectivity index (χ3v) is 18.1. The maximum atomic E-state index is 17.1. The number of hydrogen-bond donors (Lipinski definition) is 3. The van der Waals surface area contributed by atoms with E-state index in [0.717, 1.165) is 132 Å². The number of likely N-dealkylation sites (tertiary alicyclic amines) is 1. The SMILES string of the molecule is Cc1cc(N)c(F)c(-c2ncc3c(N4CC5CCC(C4)N5)nc(OCC4(CN5CCC6(CC5)CC(CN5CCN(c7ccc8c(c7)CN([C@H]7CCC(=O)NC7=O)C8=O)CC5)C6)CC4)nc3c2F)c1C1CC1. The van der Waals surface area contributed by atoms with E-state index in [4.69, 9.17) is 20.4 Å². The van der Waals surface area contributed by atoms with Crippen molar-refractivity contribution in [2.75, 3.05) is 87.6 Å². The minimum absolute atomic E-state index is 0.0101. The number of nitrogens with one attached hydrogen (secondary N) is 2. The van der Waals surface area contributed by atoms with E-state index in [9.17, 15) is 14.4 Å². The third-order valence-electron chi connectivity index (χ3n) is 18.1.